The van der Waals surface area contributed by atoms with E-state index < -0.39 is 10.0 Å². The molecule has 1 aliphatic rings. The van der Waals surface area contributed by atoms with Gasteiger partial charge in [-0.3, -0.25) is 9.10 Å². The van der Waals surface area contributed by atoms with Crippen molar-refractivity contribution in [3.05, 3.63) is 64.2 Å². The van der Waals surface area contributed by atoms with E-state index in [-0.39, 0.29) is 24.9 Å². The first-order chi connectivity index (χ1) is 14.6. The largest absolute Gasteiger partial charge is 0.350 e. The van der Waals surface area contributed by atoms with Gasteiger partial charge in [0.05, 0.1) is 18.0 Å². The summed E-state index contributed by atoms with van der Waals surface area (Å²) in [6.07, 6.45) is 6.70. The van der Waals surface area contributed by atoms with Crippen molar-refractivity contribution in [1.29, 1.82) is 0 Å². The number of rotatable bonds is 8. The van der Waals surface area contributed by atoms with E-state index in [4.69, 9.17) is 0 Å². The minimum absolute atomic E-state index is 0.0567. The molecule has 1 aliphatic carbocycles. The summed E-state index contributed by atoms with van der Waals surface area (Å²) in [7, 11) is -3.42. The molecule has 0 heterocycles. The first-order valence-corrected chi connectivity index (χ1v) is 13.0. The van der Waals surface area contributed by atoms with Gasteiger partial charge in [-0.15, -0.1) is 0 Å². The maximum Gasteiger partial charge on any atom is 0.232 e. The summed E-state index contributed by atoms with van der Waals surface area (Å²) in [5.41, 5.74) is 6.77. The number of carbonyl (C=O) groups excluding carboxylic acids is 1. The van der Waals surface area contributed by atoms with Crippen LogP contribution < -0.4 is 9.62 Å². The van der Waals surface area contributed by atoms with Crippen molar-refractivity contribution in [2.75, 3.05) is 17.1 Å². The Morgan fingerprint density at radius 2 is 1.74 bits per heavy atom. The molecule has 0 bridgehead atoms. The molecule has 2 aromatic rings. The zero-order chi connectivity index (χ0) is 22.6. The van der Waals surface area contributed by atoms with Crippen LogP contribution in [0, 0.1) is 13.8 Å². The van der Waals surface area contributed by atoms with Crippen LogP contribution in [0.1, 0.15) is 66.5 Å². The molecule has 3 rings (SSSR count). The van der Waals surface area contributed by atoms with E-state index in [1.165, 1.54) is 34.5 Å². The van der Waals surface area contributed by atoms with E-state index in [9.17, 15) is 13.2 Å². The Kier molecular flexibility index (Phi) is 7.42. The lowest BCUT2D eigenvalue weighted by atomic mass is 9.89. The zero-order valence-electron chi connectivity index (χ0n) is 19.1. The third-order valence-electron chi connectivity index (χ3n) is 6.19. The quantitative estimate of drug-likeness (QED) is 0.649. The first kappa shape index (κ1) is 23.3. The average molecular weight is 443 g/mol. The number of fused-ring (bicyclic) bond motifs is 1. The van der Waals surface area contributed by atoms with Crippen molar-refractivity contribution in [1.82, 2.24) is 5.32 Å². The van der Waals surface area contributed by atoms with Crippen molar-refractivity contribution in [2.45, 2.75) is 65.3 Å². The number of amides is 1. The lowest BCUT2D eigenvalue weighted by Crippen LogP contribution is -2.32. The van der Waals surface area contributed by atoms with E-state index in [0.29, 0.717) is 12.1 Å². The second kappa shape index (κ2) is 9.86. The maximum atomic E-state index is 12.5. The van der Waals surface area contributed by atoms with Crippen LogP contribution in [0.4, 0.5) is 5.69 Å². The van der Waals surface area contributed by atoms with Gasteiger partial charge in [0.2, 0.25) is 15.9 Å². The molecule has 0 spiro atoms. The second-order valence-corrected chi connectivity index (χ2v) is 10.6. The lowest BCUT2D eigenvalue weighted by molar-refractivity contribution is -0.121. The van der Waals surface area contributed by atoms with Crippen LogP contribution in [0.3, 0.4) is 0 Å². The molecule has 1 amide bonds. The fourth-order valence-electron chi connectivity index (χ4n) is 4.17. The fraction of sp³-hybridized carbons (Fsp3) is 0.480. The lowest BCUT2D eigenvalue weighted by Gasteiger charge is -2.23. The highest BCUT2D eigenvalue weighted by molar-refractivity contribution is 7.92. The first-order valence-electron chi connectivity index (χ1n) is 11.1. The third kappa shape index (κ3) is 6.10. The van der Waals surface area contributed by atoms with Crippen LogP contribution in [0.5, 0.6) is 0 Å². The minimum Gasteiger partial charge on any atom is -0.350 e. The summed E-state index contributed by atoms with van der Waals surface area (Å²) in [4.78, 5) is 12.5. The Labute approximate surface area is 186 Å². The average Bonchev–Trinajstić information content (AvgIpc) is 2.72. The van der Waals surface area contributed by atoms with Gasteiger partial charge in [-0.2, -0.15) is 0 Å². The summed E-state index contributed by atoms with van der Waals surface area (Å²) in [6.45, 7) is 6.25. The number of nitrogens with zero attached hydrogens (tertiary/aromatic N) is 1. The molecule has 0 aliphatic heterocycles. The SMILES string of the molecule is Cc1ccc(N(CCCC(=O)NC(C)c2ccc3c(c2)CCCC3)S(C)(=O)=O)cc1C. The highest BCUT2D eigenvalue weighted by Crippen LogP contribution is 2.25. The minimum atomic E-state index is -3.42. The van der Waals surface area contributed by atoms with E-state index >= 15 is 0 Å². The molecular weight excluding hydrogens is 408 g/mol. The Hall–Kier alpha value is -2.34. The van der Waals surface area contributed by atoms with Crippen molar-refractivity contribution in [3.8, 4) is 0 Å². The van der Waals surface area contributed by atoms with E-state index in [1.54, 1.807) is 0 Å². The molecule has 31 heavy (non-hydrogen) atoms. The van der Waals surface area contributed by atoms with Crippen LogP contribution >= 0.6 is 0 Å². The molecule has 0 radical (unpaired) electrons. The van der Waals surface area contributed by atoms with Gasteiger partial charge >= 0.3 is 0 Å². The van der Waals surface area contributed by atoms with Crippen molar-refractivity contribution < 1.29 is 13.2 Å². The molecule has 1 N–H and O–H groups in total. The molecule has 0 saturated heterocycles. The second-order valence-electron chi connectivity index (χ2n) is 8.73. The summed E-state index contributed by atoms with van der Waals surface area (Å²) in [5.74, 6) is -0.0567. The van der Waals surface area contributed by atoms with Crippen molar-refractivity contribution >= 4 is 21.6 Å². The smallest absolute Gasteiger partial charge is 0.232 e. The number of carbonyl (C=O) groups is 1. The number of hydrogen-bond acceptors (Lipinski definition) is 3. The maximum absolute atomic E-state index is 12.5. The number of hydrogen-bond donors (Lipinski definition) is 1. The number of aryl methyl sites for hydroxylation is 4. The van der Waals surface area contributed by atoms with Crippen LogP contribution in [0.15, 0.2) is 36.4 Å². The molecule has 1 unspecified atom stereocenters. The summed E-state index contributed by atoms with van der Waals surface area (Å²) < 4.78 is 26.0. The van der Waals surface area contributed by atoms with E-state index in [0.717, 1.165) is 29.5 Å². The van der Waals surface area contributed by atoms with Gasteiger partial charge in [0.15, 0.2) is 0 Å². The van der Waals surface area contributed by atoms with Gasteiger partial charge < -0.3 is 5.32 Å². The van der Waals surface area contributed by atoms with Crippen molar-refractivity contribution in [2.24, 2.45) is 0 Å². The molecule has 0 aromatic heterocycles. The Bertz CT molecular complexity index is 1050. The standard InChI is InChI=1S/C25H34N2O3S/c1-18-11-14-24(16-19(18)2)27(31(4,29)30)15-7-10-25(28)26-20(3)22-13-12-21-8-5-6-9-23(21)17-22/h11-14,16-17,20H,5-10,15H2,1-4H3,(H,26,28). The Balaban J connectivity index is 1.57. The molecule has 168 valence electrons. The highest BCUT2D eigenvalue weighted by atomic mass is 32.2. The molecule has 2 aromatic carbocycles. The zero-order valence-corrected chi connectivity index (χ0v) is 19.9. The molecular formula is C25H34N2O3S. The Morgan fingerprint density at radius 3 is 2.42 bits per heavy atom. The number of nitrogens with one attached hydrogen (secondary N) is 1. The number of benzene rings is 2. The fourth-order valence-corrected chi connectivity index (χ4v) is 5.13. The van der Waals surface area contributed by atoms with Gasteiger partial charge in [0, 0.05) is 13.0 Å². The molecule has 1 atom stereocenters. The van der Waals surface area contributed by atoms with Gasteiger partial charge in [-0.1, -0.05) is 24.3 Å². The van der Waals surface area contributed by atoms with E-state index in [1.807, 2.05) is 39.0 Å². The van der Waals surface area contributed by atoms with Gasteiger partial charge in [0.1, 0.15) is 0 Å². The normalized spacial score (nSPS) is 14.6. The van der Waals surface area contributed by atoms with Crippen LogP contribution in [0.2, 0.25) is 0 Å². The van der Waals surface area contributed by atoms with Crippen molar-refractivity contribution in [3.63, 3.8) is 0 Å². The van der Waals surface area contributed by atoms with Gasteiger partial charge in [-0.25, -0.2) is 8.42 Å². The van der Waals surface area contributed by atoms with Gasteiger partial charge in [-0.05, 0) is 92.8 Å². The summed E-state index contributed by atoms with van der Waals surface area (Å²) in [5, 5.41) is 3.06. The number of sulfonamides is 1. The summed E-state index contributed by atoms with van der Waals surface area (Å²) >= 11 is 0. The van der Waals surface area contributed by atoms with Gasteiger partial charge in [0.25, 0.3) is 0 Å². The van der Waals surface area contributed by atoms with E-state index in [2.05, 4.69) is 23.5 Å². The molecule has 0 saturated carbocycles. The topological polar surface area (TPSA) is 66.5 Å². The molecule has 0 fully saturated rings. The van der Waals surface area contributed by atoms with Crippen LogP contribution in [0.25, 0.3) is 0 Å². The summed E-state index contributed by atoms with van der Waals surface area (Å²) in [6, 6.07) is 12.1. The monoisotopic (exact) mass is 442 g/mol. The van der Waals surface area contributed by atoms with Crippen LogP contribution in [-0.4, -0.2) is 27.1 Å². The molecule has 5 nitrogen and oxygen atoms in total. The van der Waals surface area contributed by atoms with Crippen LogP contribution in [-0.2, 0) is 27.7 Å². The molecule has 6 heteroatoms. The highest BCUT2D eigenvalue weighted by Gasteiger charge is 2.19. The predicted octanol–water partition coefficient (Wildman–Crippen LogP) is 4.61. The predicted molar refractivity (Wildman–Crippen MR) is 127 cm³/mol. The third-order valence-corrected chi connectivity index (χ3v) is 7.39. The number of anilines is 1. The Morgan fingerprint density at radius 1 is 1.03 bits per heavy atom.